The van der Waals surface area contributed by atoms with Crippen molar-refractivity contribution < 1.29 is 9.59 Å². The normalized spacial score (nSPS) is 10.7. The van der Waals surface area contributed by atoms with Crippen LogP contribution in [0.15, 0.2) is 47.6 Å². The lowest BCUT2D eigenvalue weighted by Crippen LogP contribution is -2.40. The van der Waals surface area contributed by atoms with Crippen molar-refractivity contribution >= 4 is 35.3 Å². The predicted molar refractivity (Wildman–Crippen MR) is 119 cm³/mol. The Hall–Kier alpha value is -2.84. The van der Waals surface area contributed by atoms with Crippen molar-refractivity contribution in [3.05, 3.63) is 58.6 Å². The fourth-order valence-corrected chi connectivity index (χ4v) is 3.82. The van der Waals surface area contributed by atoms with Gasteiger partial charge in [0.05, 0.1) is 16.5 Å². The summed E-state index contributed by atoms with van der Waals surface area (Å²) in [6.45, 7) is 6.23. The molecule has 0 aliphatic heterocycles. The third kappa shape index (κ3) is 5.01. The number of aromatic nitrogens is 3. The summed E-state index contributed by atoms with van der Waals surface area (Å²) in [6, 6.07) is 13.0. The molecular weight excluding hydrogens is 422 g/mol. The second-order valence-electron chi connectivity index (χ2n) is 6.61. The molecule has 156 valence electrons. The molecule has 0 unspecified atom stereocenters. The van der Waals surface area contributed by atoms with Crippen LogP contribution in [0.5, 0.6) is 0 Å². The number of nitrogens with one attached hydrogen (secondary N) is 2. The average molecular weight is 444 g/mol. The number of benzene rings is 2. The first-order valence-electron chi connectivity index (χ1n) is 9.39. The Morgan fingerprint density at radius 1 is 1.13 bits per heavy atom. The maximum Gasteiger partial charge on any atom is 0.321 e. The zero-order valence-electron chi connectivity index (χ0n) is 16.9. The minimum Gasteiger partial charge on any atom is -0.338 e. The number of aryl methyl sites for hydroxylation is 2. The number of thioether (sulfide) groups is 1. The number of imide groups is 1. The van der Waals surface area contributed by atoms with E-state index in [4.69, 9.17) is 11.6 Å². The van der Waals surface area contributed by atoms with E-state index in [1.165, 1.54) is 11.8 Å². The Morgan fingerprint density at radius 3 is 2.63 bits per heavy atom. The number of urea groups is 1. The molecule has 30 heavy (non-hydrogen) atoms. The summed E-state index contributed by atoms with van der Waals surface area (Å²) in [7, 11) is 0. The van der Waals surface area contributed by atoms with Crippen LogP contribution in [0.4, 0.5) is 4.79 Å². The van der Waals surface area contributed by atoms with Crippen LogP contribution in [0, 0.1) is 13.8 Å². The molecule has 2 N–H and O–H groups in total. The molecule has 0 spiro atoms. The summed E-state index contributed by atoms with van der Waals surface area (Å²) in [4.78, 5) is 23.7. The quantitative estimate of drug-likeness (QED) is 0.559. The first-order valence-corrected chi connectivity index (χ1v) is 10.8. The van der Waals surface area contributed by atoms with Crippen LogP contribution in [-0.4, -0.2) is 39.0 Å². The van der Waals surface area contributed by atoms with E-state index < -0.39 is 11.9 Å². The monoisotopic (exact) mass is 443 g/mol. The zero-order valence-corrected chi connectivity index (χ0v) is 18.5. The Balaban J connectivity index is 1.98. The molecule has 7 nitrogen and oxygen atoms in total. The highest BCUT2D eigenvalue weighted by atomic mass is 35.5. The molecule has 0 bridgehead atoms. The van der Waals surface area contributed by atoms with E-state index in [1.807, 2.05) is 54.8 Å². The fourth-order valence-electron chi connectivity index (χ4n) is 2.86. The minimum atomic E-state index is -0.518. The lowest BCUT2D eigenvalue weighted by Gasteiger charge is -2.14. The van der Waals surface area contributed by atoms with Crippen molar-refractivity contribution in [2.75, 3.05) is 12.3 Å². The van der Waals surface area contributed by atoms with Gasteiger partial charge >= 0.3 is 6.03 Å². The predicted octanol–water partition coefficient (Wildman–Crippen LogP) is 4.14. The van der Waals surface area contributed by atoms with Gasteiger partial charge in [0.25, 0.3) is 0 Å². The summed E-state index contributed by atoms with van der Waals surface area (Å²) < 4.78 is 1.90. The largest absolute Gasteiger partial charge is 0.338 e. The molecule has 1 heterocycles. The molecule has 0 radical (unpaired) electrons. The van der Waals surface area contributed by atoms with Crippen LogP contribution in [-0.2, 0) is 4.79 Å². The molecule has 3 amide bonds. The molecule has 0 fully saturated rings. The number of halogens is 1. The standard InChI is InChI=1S/C21H22ClN5O2S/c1-4-23-20(29)24-18(28)12-30-21-26-25-19(15-7-5-6-8-16(15)22)27(21)17-11-13(2)9-10-14(17)3/h5-11H,4,12H2,1-3H3,(H2,23,24,28,29). The molecule has 1 aromatic heterocycles. The SMILES string of the molecule is CCNC(=O)NC(=O)CSc1nnc(-c2ccccc2Cl)n1-c1cc(C)ccc1C. The Bertz CT molecular complexity index is 1080. The number of carbonyl (C=O) groups is 2. The van der Waals surface area contributed by atoms with Crippen molar-refractivity contribution in [1.82, 2.24) is 25.4 Å². The van der Waals surface area contributed by atoms with E-state index in [0.717, 1.165) is 22.4 Å². The van der Waals surface area contributed by atoms with Crippen molar-refractivity contribution in [3.8, 4) is 17.1 Å². The van der Waals surface area contributed by atoms with E-state index in [0.29, 0.717) is 22.5 Å². The highest BCUT2D eigenvalue weighted by molar-refractivity contribution is 7.99. The van der Waals surface area contributed by atoms with Crippen LogP contribution in [0.1, 0.15) is 18.1 Å². The van der Waals surface area contributed by atoms with Gasteiger partial charge in [0.1, 0.15) is 0 Å². The van der Waals surface area contributed by atoms with Crippen molar-refractivity contribution in [2.45, 2.75) is 25.9 Å². The molecule has 9 heteroatoms. The molecule has 0 atom stereocenters. The number of carbonyl (C=O) groups excluding carboxylic acids is 2. The summed E-state index contributed by atoms with van der Waals surface area (Å²) in [5.74, 6) is 0.185. The van der Waals surface area contributed by atoms with Crippen LogP contribution in [0.3, 0.4) is 0 Å². The highest BCUT2D eigenvalue weighted by Gasteiger charge is 2.20. The molecule has 3 aromatic rings. The molecule has 2 aromatic carbocycles. The van der Waals surface area contributed by atoms with Crippen LogP contribution in [0.25, 0.3) is 17.1 Å². The van der Waals surface area contributed by atoms with Gasteiger partial charge < -0.3 is 5.32 Å². The number of amides is 3. The number of rotatable bonds is 6. The van der Waals surface area contributed by atoms with Gasteiger partial charge in [-0.3, -0.25) is 14.7 Å². The van der Waals surface area contributed by atoms with Crippen LogP contribution < -0.4 is 10.6 Å². The first-order chi connectivity index (χ1) is 14.4. The summed E-state index contributed by atoms with van der Waals surface area (Å²) in [5.41, 5.74) is 3.76. The number of hydrogen-bond donors (Lipinski definition) is 2. The van der Waals surface area contributed by atoms with Gasteiger partial charge in [-0.15, -0.1) is 10.2 Å². The Morgan fingerprint density at radius 2 is 1.90 bits per heavy atom. The molecule has 0 aliphatic carbocycles. The van der Waals surface area contributed by atoms with Crippen molar-refractivity contribution in [1.29, 1.82) is 0 Å². The third-order valence-corrected chi connectivity index (χ3v) is 5.53. The maximum atomic E-state index is 12.1. The molecule has 3 rings (SSSR count). The fraction of sp³-hybridized carbons (Fsp3) is 0.238. The van der Waals surface area contributed by atoms with Gasteiger partial charge in [0, 0.05) is 12.1 Å². The Labute approximate surface area is 184 Å². The second-order valence-corrected chi connectivity index (χ2v) is 7.96. The lowest BCUT2D eigenvalue weighted by molar-refractivity contribution is -0.117. The van der Waals surface area contributed by atoms with Gasteiger partial charge in [-0.05, 0) is 50.1 Å². The van der Waals surface area contributed by atoms with Gasteiger partial charge in [-0.2, -0.15) is 0 Å². The topological polar surface area (TPSA) is 88.9 Å². The van der Waals surface area contributed by atoms with Gasteiger partial charge in [0.2, 0.25) is 5.91 Å². The van der Waals surface area contributed by atoms with E-state index >= 15 is 0 Å². The van der Waals surface area contributed by atoms with Gasteiger partial charge in [-0.1, -0.05) is 47.6 Å². The smallest absolute Gasteiger partial charge is 0.321 e. The number of hydrogen-bond acceptors (Lipinski definition) is 5. The minimum absolute atomic E-state index is 0.0165. The summed E-state index contributed by atoms with van der Waals surface area (Å²) in [6.07, 6.45) is 0. The van der Waals surface area contributed by atoms with Crippen LogP contribution in [0.2, 0.25) is 5.02 Å². The molecule has 0 saturated heterocycles. The second kappa shape index (κ2) is 9.77. The average Bonchev–Trinajstić information content (AvgIpc) is 3.12. The van der Waals surface area contributed by atoms with Gasteiger partial charge in [0.15, 0.2) is 11.0 Å². The third-order valence-electron chi connectivity index (χ3n) is 4.28. The van der Waals surface area contributed by atoms with E-state index in [-0.39, 0.29) is 5.75 Å². The van der Waals surface area contributed by atoms with Crippen molar-refractivity contribution in [2.24, 2.45) is 0 Å². The molecular formula is C21H22ClN5O2S. The zero-order chi connectivity index (χ0) is 21.7. The first kappa shape index (κ1) is 21.9. The Kier molecular flexibility index (Phi) is 7.12. The lowest BCUT2D eigenvalue weighted by atomic mass is 10.1. The van der Waals surface area contributed by atoms with Gasteiger partial charge in [-0.25, -0.2) is 4.79 Å². The van der Waals surface area contributed by atoms with Crippen molar-refractivity contribution in [3.63, 3.8) is 0 Å². The van der Waals surface area contributed by atoms with E-state index in [2.05, 4.69) is 20.8 Å². The molecule has 0 saturated carbocycles. The van der Waals surface area contributed by atoms with E-state index in [1.54, 1.807) is 13.0 Å². The summed E-state index contributed by atoms with van der Waals surface area (Å²) >= 11 is 7.62. The molecule has 0 aliphatic rings. The number of nitrogens with zero attached hydrogens (tertiary/aromatic N) is 3. The highest BCUT2D eigenvalue weighted by Crippen LogP contribution is 2.33. The van der Waals surface area contributed by atoms with Crippen LogP contribution >= 0.6 is 23.4 Å². The van der Waals surface area contributed by atoms with E-state index in [9.17, 15) is 9.59 Å². The maximum absolute atomic E-state index is 12.1. The summed E-state index contributed by atoms with van der Waals surface area (Å²) in [5, 5.41) is 14.6.